The van der Waals surface area contributed by atoms with Crippen LogP contribution < -0.4 is 15.8 Å². The van der Waals surface area contributed by atoms with Gasteiger partial charge >= 0.3 is 0 Å². The first-order valence-electron chi connectivity index (χ1n) is 10.1. The minimum Gasteiger partial charge on any atom is -0.508 e. The van der Waals surface area contributed by atoms with Crippen LogP contribution in [0.2, 0.25) is 0 Å². The largest absolute Gasteiger partial charge is 0.508 e. The van der Waals surface area contributed by atoms with E-state index in [9.17, 15) is 19.8 Å². The lowest BCUT2D eigenvalue weighted by atomic mass is 10.1. The zero-order chi connectivity index (χ0) is 23.0. The summed E-state index contributed by atoms with van der Waals surface area (Å²) in [4.78, 5) is 27.6. The van der Waals surface area contributed by atoms with Crippen LogP contribution >= 0.6 is 0 Å². The van der Waals surface area contributed by atoms with Gasteiger partial charge in [0.2, 0.25) is 0 Å². The van der Waals surface area contributed by atoms with Crippen LogP contribution in [0.5, 0.6) is 11.5 Å². The van der Waals surface area contributed by atoms with Crippen molar-refractivity contribution in [1.29, 1.82) is 0 Å². The quantitative estimate of drug-likeness (QED) is 0.370. The summed E-state index contributed by atoms with van der Waals surface area (Å²) in [5.74, 6) is -1.31. The second-order valence-electron chi connectivity index (χ2n) is 7.78. The lowest BCUT2D eigenvalue weighted by Crippen LogP contribution is -2.37. The first kappa shape index (κ1) is 21.0. The highest BCUT2D eigenvalue weighted by Crippen LogP contribution is 2.42. The molecule has 1 aliphatic rings. The van der Waals surface area contributed by atoms with E-state index in [4.69, 9.17) is 0 Å². The number of hydrazine groups is 1. The number of anilines is 2. The zero-order valence-electron chi connectivity index (χ0n) is 17.9. The maximum absolute atomic E-state index is 13.5. The van der Waals surface area contributed by atoms with E-state index >= 15 is 0 Å². The predicted octanol–water partition coefficient (Wildman–Crippen LogP) is 4.06. The van der Waals surface area contributed by atoms with Gasteiger partial charge in [-0.25, -0.2) is 0 Å². The average molecular weight is 429 g/mol. The minimum atomic E-state index is -0.604. The maximum Gasteiger partial charge on any atom is 0.273 e. The molecule has 1 aliphatic heterocycles. The number of rotatable bonds is 4. The van der Waals surface area contributed by atoms with Crippen molar-refractivity contribution in [3.63, 3.8) is 0 Å². The number of carbonyl (C=O) groups is 2. The van der Waals surface area contributed by atoms with E-state index in [1.54, 1.807) is 11.8 Å². The van der Waals surface area contributed by atoms with Crippen LogP contribution in [-0.2, 0) is 4.79 Å². The molecule has 0 aromatic heterocycles. The van der Waals surface area contributed by atoms with Gasteiger partial charge in [-0.1, -0.05) is 24.3 Å². The Balaban J connectivity index is 1.66. The number of aryl methyl sites for hydroxylation is 2. The zero-order valence-corrected chi connectivity index (χ0v) is 17.9. The van der Waals surface area contributed by atoms with Crippen LogP contribution in [0.25, 0.3) is 5.57 Å². The fraction of sp³-hybridized carbons (Fsp3) is 0.120. The molecule has 0 spiro atoms. The Morgan fingerprint density at radius 1 is 0.906 bits per heavy atom. The van der Waals surface area contributed by atoms with E-state index in [1.807, 2.05) is 56.3 Å². The van der Waals surface area contributed by atoms with Crippen LogP contribution in [-0.4, -0.2) is 22.0 Å². The predicted molar refractivity (Wildman–Crippen MR) is 122 cm³/mol. The molecule has 0 atom stereocenters. The number of phenols is 2. The number of benzene rings is 3. The molecule has 4 rings (SSSR count). The van der Waals surface area contributed by atoms with Gasteiger partial charge < -0.3 is 15.6 Å². The second kappa shape index (κ2) is 8.11. The number of hydrogen-bond donors (Lipinski definition) is 4. The molecule has 0 saturated carbocycles. The van der Waals surface area contributed by atoms with Crippen molar-refractivity contribution in [1.82, 2.24) is 10.9 Å². The van der Waals surface area contributed by atoms with Crippen molar-refractivity contribution in [3.05, 3.63) is 88.6 Å². The number of phenolic OH excluding ortho intramolecular Hbond substituents is 2. The Morgan fingerprint density at radius 2 is 1.59 bits per heavy atom. The summed E-state index contributed by atoms with van der Waals surface area (Å²) < 4.78 is 0. The van der Waals surface area contributed by atoms with Gasteiger partial charge in [0.05, 0.1) is 16.8 Å². The van der Waals surface area contributed by atoms with Gasteiger partial charge in [-0.15, -0.1) is 0 Å². The fourth-order valence-corrected chi connectivity index (χ4v) is 3.91. The molecule has 162 valence electrons. The Bertz CT molecular complexity index is 1260. The molecular formula is C25H23N3O4. The topological polar surface area (TPSA) is 102 Å². The highest BCUT2D eigenvalue weighted by atomic mass is 16.3. The molecular weight excluding hydrogens is 406 g/mol. The van der Waals surface area contributed by atoms with E-state index in [0.29, 0.717) is 11.3 Å². The first-order valence-corrected chi connectivity index (χ1v) is 10.1. The Labute approximate surface area is 185 Å². The number of amides is 2. The average Bonchev–Trinajstić information content (AvgIpc) is 3.03. The van der Waals surface area contributed by atoms with Crippen molar-refractivity contribution in [2.45, 2.75) is 20.8 Å². The molecule has 2 amide bonds. The summed E-state index contributed by atoms with van der Waals surface area (Å²) in [7, 11) is 0. The fourth-order valence-electron chi connectivity index (χ4n) is 3.91. The number of nitrogens with zero attached hydrogens (tertiary/aromatic N) is 1. The van der Waals surface area contributed by atoms with E-state index in [-0.39, 0.29) is 23.0 Å². The van der Waals surface area contributed by atoms with Crippen LogP contribution in [0.3, 0.4) is 0 Å². The molecule has 0 aliphatic carbocycles. The first-order chi connectivity index (χ1) is 15.3. The summed E-state index contributed by atoms with van der Waals surface area (Å²) >= 11 is 0. The number of aromatic hydroxyl groups is 2. The number of carbonyl (C=O) groups excluding carboxylic acids is 2. The molecule has 3 aromatic carbocycles. The van der Waals surface area contributed by atoms with E-state index < -0.39 is 5.91 Å². The van der Waals surface area contributed by atoms with Gasteiger partial charge in [-0.2, -0.15) is 0 Å². The number of allylic oxidation sites excluding steroid dienone is 1. The summed E-state index contributed by atoms with van der Waals surface area (Å²) in [5, 5.41) is 19.3. The van der Waals surface area contributed by atoms with Gasteiger partial charge in [0.25, 0.3) is 11.8 Å². The number of nitrogens with one attached hydrogen (secondary N) is 2. The van der Waals surface area contributed by atoms with Gasteiger partial charge in [-0.05, 0) is 62.2 Å². The molecule has 1 heterocycles. The van der Waals surface area contributed by atoms with Crippen molar-refractivity contribution < 1.29 is 19.8 Å². The highest BCUT2D eigenvalue weighted by Gasteiger charge is 2.35. The molecule has 7 heteroatoms. The SMILES string of the molecule is CC(NNC(=O)c1ccc(O)cc1O)=C1C(=O)N(c2cc(C)cc(C)c2)c2ccccc21. The third kappa shape index (κ3) is 3.76. The Hall–Kier alpha value is -4.26. The molecule has 32 heavy (non-hydrogen) atoms. The third-order valence-corrected chi connectivity index (χ3v) is 5.26. The Kier molecular flexibility index (Phi) is 5.32. The Morgan fingerprint density at radius 3 is 2.28 bits per heavy atom. The molecule has 3 aromatic rings. The smallest absolute Gasteiger partial charge is 0.273 e. The van der Waals surface area contributed by atoms with Gasteiger partial charge in [0.15, 0.2) is 0 Å². The van der Waals surface area contributed by atoms with Crippen LogP contribution in [0.1, 0.15) is 34.0 Å². The van der Waals surface area contributed by atoms with E-state index in [1.165, 1.54) is 12.1 Å². The van der Waals surface area contributed by atoms with Crippen molar-refractivity contribution in [3.8, 4) is 11.5 Å². The normalized spacial score (nSPS) is 14.2. The molecule has 0 saturated heterocycles. The van der Waals surface area contributed by atoms with E-state index in [2.05, 4.69) is 10.9 Å². The maximum atomic E-state index is 13.5. The van der Waals surface area contributed by atoms with Crippen LogP contribution in [0.15, 0.2) is 66.4 Å². The summed E-state index contributed by atoms with van der Waals surface area (Å²) in [6.07, 6.45) is 0. The van der Waals surface area contributed by atoms with Crippen molar-refractivity contribution in [2.24, 2.45) is 0 Å². The number of para-hydroxylation sites is 1. The van der Waals surface area contributed by atoms with Crippen LogP contribution in [0, 0.1) is 13.8 Å². The van der Waals surface area contributed by atoms with Crippen molar-refractivity contribution >= 4 is 28.8 Å². The van der Waals surface area contributed by atoms with Crippen molar-refractivity contribution in [2.75, 3.05) is 4.90 Å². The van der Waals surface area contributed by atoms with Crippen LogP contribution in [0.4, 0.5) is 11.4 Å². The molecule has 0 unspecified atom stereocenters. The highest BCUT2D eigenvalue weighted by molar-refractivity contribution is 6.35. The van der Waals surface area contributed by atoms with E-state index in [0.717, 1.165) is 34.1 Å². The summed E-state index contributed by atoms with van der Waals surface area (Å²) in [6, 6.07) is 17.2. The number of hydrogen-bond acceptors (Lipinski definition) is 5. The molecule has 4 N–H and O–H groups in total. The molecule has 0 fully saturated rings. The second-order valence-corrected chi connectivity index (χ2v) is 7.78. The van der Waals surface area contributed by atoms with Gasteiger partial charge in [0.1, 0.15) is 11.5 Å². The standard InChI is InChI=1S/C25H23N3O4/c1-14-10-15(2)12-17(11-14)28-21-7-5-4-6-19(21)23(25(28)32)16(3)26-27-24(31)20-9-8-18(29)13-22(20)30/h4-13,26,29-30H,1-3H3,(H,27,31). The summed E-state index contributed by atoms with van der Waals surface area (Å²) in [5.41, 5.74) is 10.6. The molecule has 0 radical (unpaired) electrons. The lowest BCUT2D eigenvalue weighted by molar-refractivity contribution is -0.112. The minimum absolute atomic E-state index is 0.0110. The third-order valence-electron chi connectivity index (χ3n) is 5.26. The van der Waals surface area contributed by atoms with Gasteiger partial charge in [-0.3, -0.25) is 19.9 Å². The molecule has 0 bridgehead atoms. The summed E-state index contributed by atoms with van der Waals surface area (Å²) in [6.45, 7) is 5.67. The number of fused-ring (bicyclic) bond motifs is 1. The molecule has 7 nitrogen and oxygen atoms in total. The van der Waals surface area contributed by atoms with Gasteiger partial charge in [0, 0.05) is 23.0 Å². The monoisotopic (exact) mass is 429 g/mol. The lowest BCUT2D eigenvalue weighted by Gasteiger charge is -2.19.